The van der Waals surface area contributed by atoms with Crippen LogP contribution in [0, 0.1) is 5.82 Å². The summed E-state index contributed by atoms with van der Waals surface area (Å²) in [6.07, 6.45) is 1.09. The van der Waals surface area contributed by atoms with E-state index in [9.17, 15) is 14.0 Å². The van der Waals surface area contributed by atoms with Gasteiger partial charge in [0.1, 0.15) is 11.9 Å². The summed E-state index contributed by atoms with van der Waals surface area (Å²) in [6.45, 7) is 4.28. The number of carbonyl (C=O) groups excluding carboxylic acids is 2. The number of hydrogen-bond acceptors (Lipinski definition) is 3. The van der Waals surface area contributed by atoms with Gasteiger partial charge in [0.25, 0.3) is 0 Å². The Kier molecular flexibility index (Phi) is 9.01. The lowest BCUT2D eigenvalue weighted by molar-refractivity contribution is -0.140. The van der Waals surface area contributed by atoms with Crippen LogP contribution in [-0.4, -0.2) is 35.1 Å². The van der Waals surface area contributed by atoms with Crippen molar-refractivity contribution in [3.63, 3.8) is 0 Å². The van der Waals surface area contributed by atoms with Crippen LogP contribution in [0.4, 0.5) is 4.39 Å². The van der Waals surface area contributed by atoms with E-state index in [0.29, 0.717) is 17.9 Å². The van der Waals surface area contributed by atoms with E-state index < -0.39 is 6.04 Å². The third-order valence-electron chi connectivity index (χ3n) is 4.34. The van der Waals surface area contributed by atoms with Gasteiger partial charge in [0, 0.05) is 35.7 Å². The van der Waals surface area contributed by atoms with Crippen molar-refractivity contribution in [2.45, 2.75) is 44.2 Å². The molecular formula is C22H27FN2O2S. The van der Waals surface area contributed by atoms with E-state index in [-0.39, 0.29) is 30.6 Å². The maximum absolute atomic E-state index is 14.1. The van der Waals surface area contributed by atoms with Crippen LogP contribution in [0.5, 0.6) is 0 Å². The number of nitrogens with one attached hydrogen (secondary N) is 1. The predicted octanol–water partition coefficient (Wildman–Crippen LogP) is 4.25. The third-order valence-corrected chi connectivity index (χ3v) is 5.36. The zero-order valence-corrected chi connectivity index (χ0v) is 17.2. The zero-order valence-electron chi connectivity index (χ0n) is 16.4. The molecule has 1 atom stereocenters. The Bertz CT molecular complexity index is 770. The number of halogens is 1. The van der Waals surface area contributed by atoms with Gasteiger partial charge >= 0.3 is 0 Å². The molecule has 150 valence electrons. The lowest BCUT2D eigenvalue weighted by Crippen LogP contribution is -2.48. The highest BCUT2D eigenvalue weighted by Gasteiger charge is 2.26. The molecule has 2 aromatic carbocycles. The molecule has 0 heterocycles. The fourth-order valence-corrected chi connectivity index (χ4v) is 3.57. The SMILES string of the molecule is CCCNC(=O)[C@H](C)N(Cc1ccccc1F)C(=O)CCSc1ccccc1. The summed E-state index contributed by atoms with van der Waals surface area (Å²) in [5.41, 5.74) is 0.404. The molecule has 0 unspecified atom stereocenters. The molecule has 0 aliphatic rings. The maximum atomic E-state index is 14.1. The molecule has 2 aromatic rings. The van der Waals surface area contributed by atoms with Gasteiger partial charge in [0.2, 0.25) is 11.8 Å². The average molecular weight is 403 g/mol. The summed E-state index contributed by atoms with van der Waals surface area (Å²) >= 11 is 1.59. The van der Waals surface area contributed by atoms with E-state index in [1.807, 2.05) is 37.3 Å². The Balaban J connectivity index is 2.06. The number of benzene rings is 2. The number of rotatable bonds is 10. The van der Waals surface area contributed by atoms with E-state index in [1.165, 1.54) is 11.0 Å². The highest BCUT2D eigenvalue weighted by molar-refractivity contribution is 7.99. The fourth-order valence-electron chi connectivity index (χ4n) is 2.71. The van der Waals surface area contributed by atoms with Gasteiger partial charge in [-0.15, -0.1) is 11.8 Å². The van der Waals surface area contributed by atoms with Crippen molar-refractivity contribution >= 4 is 23.6 Å². The third kappa shape index (κ3) is 6.68. The first-order valence-electron chi connectivity index (χ1n) is 9.51. The monoisotopic (exact) mass is 402 g/mol. The number of nitrogens with zero attached hydrogens (tertiary/aromatic N) is 1. The number of thioether (sulfide) groups is 1. The van der Waals surface area contributed by atoms with Crippen molar-refractivity contribution in [3.05, 3.63) is 66.0 Å². The standard InChI is InChI=1S/C22H27FN2O2S/c1-3-14-24-22(27)17(2)25(16-18-9-7-8-12-20(18)23)21(26)13-15-28-19-10-5-4-6-11-19/h4-12,17H,3,13-16H2,1-2H3,(H,24,27)/t17-/m0/s1. The Hall–Kier alpha value is -2.34. The van der Waals surface area contributed by atoms with Gasteiger partial charge in [0.15, 0.2) is 0 Å². The summed E-state index contributed by atoms with van der Waals surface area (Å²) in [6, 6.07) is 15.5. The molecule has 2 amide bonds. The van der Waals surface area contributed by atoms with Crippen molar-refractivity contribution in [2.24, 2.45) is 0 Å². The van der Waals surface area contributed by atoms with Gasteiger partial charge in [-0.05, 0) is 31.5 Å². The summed E-state index contributed by atoms with van der Waals surface area (Å²) in [4.78, 5) is 27.8. The van der Waals surface area contributed by atoms with Crippen LogP contribution in [0.15, 0.2) is 59.5 Å². The molecule has 0 aromatic heterocycles. The molecule has 4 nitrogen and oxygen atoms in total. The van der Waals surface area contributed by atoms with Crippen LogP contribution in [0.2, 0.25) is 0 Å². The normalized spacial score (nSPS) is 11.7. The second-order valence-corrected chi connectivity index (χ2v) is 7.66. The average Bonchev–Trinajstić information content (AvgIpc) is 2.71. The Morgan fingerprint density at radius 1 is 1.11 bits per heavy atom. The number of carbonyl (C=O) groups is 2. The van der Waals surface area contributed by atoms with Crippen molar-refractivity contribution in [1.82, 2.24) is 10.2 Å². The first kappa shape index (κ1) is 22.0. The van der Waals surface area contributed by atoms with Gasteiger partial charge in [0.05, 0.1) is 0 Å². The van der Waals surface area contributed by atoms with E-state index >= 15 is 0 Å². The van der Waals surface area contributed by atoms with E-state index in [0.717, 1.165) is 11.3 Å². The van der Waals surface area contributed by atoms with Crippen molar-refractivity contribution < 1.29 is 14.0 Å². The summed E-state index contributed by atoms with van der Waals surface area (Å²) in [5.74, 6) is -0.159. The molecule has 0 fully saturated rings. The van der Waals surface area contributed by atoms with Crippen molar-refractivity contribution in [3.8, 4) is 0 Å². The molecule has 0 radical (unpaired) electrons. The largest absolute Gasteiger partial charge is 0.354 e. The lowest BCUT2D eigenvalue weighted by Gasteiger charge is -2.29. The molecule has 0 aliphatic carbocycles. The Morgan fingerprint density at radius 2 is 1.79 bits per heavy atom. The number of amides is 2. The minimum Gasteiger partial charge on any atom is -0.354 e. The van der Waals surface area contributed by atoms with Crippen molar-refractivity contribution in [2.75, 3.05) is 12.3 Å². The molecule has 1 N–H and O–H groups in total. The van der Waals surface area contributed by atoms with E-state index in [2.05, 4.69) is 5.32 Å². The second kappa shape index (κ2) is 11.5. The van der Waals surface area contributed by atoms with E-state index in [4.69, 9.17) is 0 Å². The van der Waals surface area contributed by atoms with Crippen LogP contribution < -0.4 is 5.32 Å². The van der Waals surface area contributed by atoms with Crippen LogP contribution >= 0.6 is 11.8 Å². The van der Waals surface area contributed by atoms with Gasteiger partial charge < -0.3 is 10.2 Å². The Labute approximate surface area is 170 Å². The maximum Gasteiger partial charge on any atom is 0.242 e. The van der Waals surface area contributed by atoms with Gasteiger partial charge in [-0.25, -0.2) is 4.39 Å². The highest BCUT2D eigenvalue weighted by Crippen LogP contribution is 2.20. The minimum atomic E-state index is -0.666. The molecule has 0 spiro atoms. The topological polar surface area (TPSA) is 49.4 Å². The van der Waals surface area contributed by atoms with Crippen LogP contribution in [-0.2, 0) is 16.1 Å². The Morgan fingerprint density at radius 3 is 2.46 bits per heavy atom. The molecule has 0 saturated heterocycles. The smallest absolute Gasteiger partial charge is 0.242 e. The molecule has 0 saturated carbocycles. The quantitative estimate of drug-likeness (QED) is 0.605. The summed E-state index contributed by atoms with van der Waals surface area (Å²) in [7, 11) is 0. The first-order valence-corrected chi connectivity index (χ1v) is 10.5. The number of hydrogen-bond donors (Lipinski definition) is 1. The van der Waals surface area contributed by atoms with E-state index in [1.54, 1.807) is 36.9 Å². The van der Waals surface area contributed by atoms with Crippen molar-refractivity contribution in [1.29, 1.82) is 0 Å². The summed E-state index contributed by atoms with van der Waals surface area (Å²) in [5, 5.41) is 2.82. The van der Waals surface area contributed by atoms with Crippen LogP contribution in [0.25, 0.3) is 0 Å². The molecule has 6 heteroatoms. The minimum absolute atomic E-state index is 0.0716. The molecule has 0 bridgehead atoms. The predicted molar refractivity (Wildman–Crippen MR) is 111 cm³/mol. The zero-order chi connectivity index (χ0) is 20.4. The van der Waals surface area contributed by atoms with Gasteiger partial charge in [-0.1, -0.05) is 43.3 Å². The second-order valence-electron chi connectivity index (χ2n) is 6.49. The van der Waals surface area contributed by atoms with Gasteiger partial charge in [-0.3, -0.25) is 9.59 Å². The highest BCUT2D eigenvalue weighted by atomic mass is 32.2. The first-order chi connectivity index (χ1) is 13.5. The summed E-state index contributed by atoms with van der Waals surface area (Å²) < 4.78 is 14.1. The lowest BCUT2D eigenvalue weighted by atomic mass is 10.1. The molecule has 2 rings (SSSR count). The molecule has 28 heavy (non-hydrogen) atoms. The van der Waals surface area contributed by atoms with Gasteiger partial charge in [-0.2, -0.15) is 0 Å². The molecular weight excluding hydrogens is 375 g/mol. The fraction of sp³-hybridized carbons (Fsp3) is 0.364. The molecule has 0 aliphatic heterocycles. The van der Waals surface area contributed by atoms with Crippen LogP contribution in [0.1, 0.15) is 32.3 Å². The van der Waals surface area contributed by atoms with Crippen LogP contribution in [0.3, 0.4) is 0 Å².